The number of halogens is 1. The maximum atomic E-state index is 13.5. The van der Waals surface area contributed by atoms with Crippen molar-refractivity contribution in [1.82, 2.24) is 24.6 Å². The van der Waals surface area contributed by atoms with E-state index in [4.69, 9.17) is 16.6 Å². The summed E-state index contributed by atoms with van der Waals surface area (Å²) in [7, 11) is 0. The smallest absolute Gasteiger partial charge is 0.277 e. The maximum Gasteiger partial charge on any atom is 0.300 e. The van der Waals surface area contributed by atoms with E-state index in [1.807, 2.05) is 73.0 Å². The average Bonchev–Trinajstić information content (AvgIpc) is 3.47. The molecule has 158 valence electrons. The molecule has 0 bridgehead atoms. The van der Waals surface area contributed by atoms with Gasteiger partial charge in [-0.1, -0.05) is 54.1 Å². The van der Waals surface area contributed by atoms with Crippen molar-refractivity contribution in [3.05, 3.63) is 94.3 Å². The van der Waals surface area contributed by atoms with Crippen LogP contribution in [-0.4, -0.2) is 30.5 Å². The van der Waals surface area contributed by atoms with E-state index in [9.17, 15) is 4.79 Å². The molecule has 0 aliphatic heterocycles. The van der Waals surface area contributed by atoms with Gasteiger partial charge in [-0.25, -0.2) is 14.5 Å². The van der Waals surface area contributed by atoms with E-state index in [2.05, 4.69) is 15.1 Å². The van der Waals surface area contributed by atoms with Crippen LogP contribution >= 0.6 is 22.9 Å². The van der Waals surface area contributed by atoms with Gasteiger partial charge in [0.05, 0.1) is 12.2 Å². The van der Waals surface area contributed by atoms with Crippen molar-refractivity contribution in [2.45, 2.75) is 13.5 Å². The fourth-order valence-electron chi connectivity index (χ4n) is 3.25. The summed E-state index contributed by atoms with van der Waals surface area (Å²) in [5, 5.41) is 7.53. The van der Waals surface area contributed by atoms with Crippen molar-refractivity contribution in [3.8, 4) is 11.3 Å². The summed E-state index contributed by atoms with van der Waals surface area (Å²) < 4.78 is 1.56. The van der Waals surface area contributed by atoms with Crippen LogP contribution in [0.3, 0.4) is 0 Å². The predicted molar refractivity (Wildman–Crippen MR) is 125 cm³/mol. The van der Waals surface area contributed by atoms with Crippen LogP contribution in [0.4, 0.5) is 5.13 Å². The van der Waals surface area contributed by atoms with Gasteiger partial charge in [-0.15, -0.1) is 16.4 Å². The highest BCUT2D eigenvalue weighted by Crippen LogP contribution is 2.30. The third-order valence-corrected chi connectivity index (χ3v) is 6.03. The Bertz CT molecular complexity index is 1400. The number of aromatic nitrogens is 5. The molecule has 32 heavy (non-hydrogen) atoms. The fourth-order valence-corrected chi connectivity index (χ4v) is 4.21. The molecule has 2 aromatic carbocycles. The molecule has 1 amide bonds. The second kappa shape index (κ2) is 8.49. The van der Waals surface area contributed by atoms with E-state index in [-0.39, 0.29) is 11.7 Å². The van der Waals surface area contributed by atoms with Crippen molar-refractivity contribution < 1.29 is 4.79 Å². The molecule has 0 N–H and O–H groups in total. The lowest BCUT2D eigenvalue weighted by Crippen LogP contribution is -2.31. The first kappa shape index (κ1) is 20.3. The van der Waals surface area contributed by atoms with Gasteiger partial charge in [-0.2, -0.15) is 4.98 Å². The standard InChI is InChI=1S/C23H17ClN6OS/c1-15-11-12-25-22-27-20(28-30(15)22)21(31)29(13-16-5-3-2-4-6-16)23-26-19(14-32-23)17-7-9-18(24)10-8-17/h2-12,14H,13H2,1H3. The molecule has 5 rings (SSSR count). The molecule has 9 heteroatoms. The van der Waals surface area contributed by atoms with Gasteiger partial charge in [-0.3, -0.25) is 9.69 Å². The van der Waals surface area contributed by atoms with Crippen LogP contribution in [0.15, 0.2) is 72.2 Å². The number of anilines is 1. The number of hydrogen-bond acceptors (Lipinski definition) is 6. The van der Waals surface area contributed by atoms with E-state index < -0.39 is 0 Å². The van der Waals surface area contributed by atoms with E-state index in [1.165, 1.54) is 11.3 Å². The molecule has 0 spiro atoms. The van der Waals surface area contributed by atoms with Gasteiger partial charge in [0.2, 0.25) is 5.82 Å². The number of fused-ring (bicyclic) bond motifs is 1. The molecule has 5 aromatic rings. The van der Waals surface area contributed by atoms with Crippen LogP contribution in [0.1, 0.15) is 21.9 Å². The average molecular weight is 461 g/mol. The summed E-state index contributed by atoms with van der Waals surface area (Å²) in [6.07, 6.45) is 1.65. The van der Waals surface area contributed by atoms with E-state index in [0.717, 1.165) is 22.5 Å². The van der Waals surface area contributed by atoms with E-state index >= 15 is 0 Å². The molecule has 7 nitrogen and oxygen atoms in total. The van der Waals surface area contributed by atoms with Crippen molar-refractivity contribution >= 4 is 39.8 Å². The summed E-state index contributed by atoms with van der Waals surface area (Å²) in [6, 6.07) is 19.0. The minimum Gasteiger partial charge on any atom is -0.277 e. The Morgan fingerprint density at radius 3 is 2.59 bits per heavy atom. The quantitative estimate of drug-likeness (QED) is 0.366. The van der Waals surface area contributed by atoms with Gasteiger partial charge < -0.3 is 0 Å². The third-order valence-electron chi connectivity index (χ3n) is 4.91. The number of carbonyl (C=O) groups excluding carboxylic acids is 1. The Morgan fingerprint density at radius 2 is 1.84 bits per heavy atom. The third kappa shape index (κ3) is 3.98. The number of aryl methyl sites for hydroxylation is 1. The number of carbonyl (C=O) groups is 1. The SMILES string of the molecule is Cc1ccnc2nc(C(=O)N(Cc3ccccc3)c3nc(-c4ccc(Cl)cc4)cs3)nn12. The Morgan fingerprint density at radius 1 is 1.06 bits per heavy atom. The highest BCUT2D eigenvalue weighted by atomic mass is 35.5. The first-order valence-corrected chi connectivity index (χ1v) is 11.1. The van der Waals surface area contributed by atoms with Crippen LogP contribution in [0.5, 0.6) is 0 Å². The lowest BCUT2D eigenvalue weighted by Gasteiger charge is -2.18. The van der Waals surface area contributed by atoms with Gasteiger partial charge >= 0.3 is 0 Å². The summed E-state index contributed by atoms with van der Waals surface area (Å²) >= 11 is 7.40. The topological polar surface area (TPSA) is 76.3 Å². The highest BCUT2D eigenvalue weighted by molar-refractivity contribution is 7.14. The Hall–Kier alpha value is -3.62. The molecule has 0 saturated heterocycles. The molecular weight excluding hydrogens is 444 g/mol. The van der Waals surface area contributed by atoms with Gasteiger partial charge in [0.25, 0.3) is 11.7 Å². The Kier molecular flexibility index (Phi) is 5.38. The van der Waals surface area contributed by atoms with Gasteiger partial charge in [-0.05, 0) is 30.7 Å². The van der Waals surface area contributed by atoms with Crippen molar-refractivity contribution in [1.29, 1.82) is 0 Å². The van der Waals surface area contributed by atoms with Crippen LogP contribution in [0.25, 0.3) is 17.0 Å². The first-order valence-electron chi connectivity index (χ1n) is 9.84. The molecule has 0 atom stereocenters. The van der Waals surface area contributed by atoms with Gasteiger partial charge in [0.15, 0.2) is 5.13 Å². The fraction of sp³-hybridized carbons (Fsp3) is 0.0870. The van der Waals surface area contributed by atoms with E-state index in [0.29, 0.717) is 22.5 Å². The monoisotopic (exact) mass is 460 g/mol. The molecule has 0 aliphatic carbocycles. The number of hydrogen-bond donors (Lipinski definition) is 0. The van der Waals surface area contributed by atoms with Crippen LogP contribution in [-0.2, 0) is 6.54 Å². The maximum absolute atomic E-state index is 13.5. The summed E-state index contributed by atoms with van der Waals surface area (Å²) in [5.41, 5.74) is 3.51. The lowest BCUT2D eigenvalue weighted by atomic mass is 10.2. The van der Waals surface area contributed by atoms with Crippen molar-refractivity contribution in [2.24, 2.45) is 0 Å². The lowest BCUT2D eigenvalue weighted by molar-refractivity contribution is 0.0975. The number of thiazole rings is 1. The summed E-state index contributed by atoms with van der Waals surface area (Å²) in [5.74, 6) is 0.121. The zero-order valence-corrected chi connectivity index (χ0v) is 18.6. The Labute approximate surface area is 193 Å². The molecular formula is C23H17ClN6OS. The predicted octanol–water partition coefficient (Wildman–Crippen LogP) is 5.06. The van der Waals surface area contributed by atoms with Crippen LogP contribution < -0.4 is 4.90 Å². The van der Waals surface area contributed by atoms with Crippen LogP contribution in [0, 0.1) is 6.92 Å². The zero-order valence-electron chi connectivity index (χ0n) is 17.0. The molecule has 0 saturated carbocycles. The Balaban J connectivity index is 1.54. The molecule has 0 unspecified atom stereocenters. The van der Waals surface area contributed by atoms with Crippen molar-refractivity contribution in [2.75, 3.05) is 4.90 Å². The minimum atomic E-state index is -0.337. The number of benzene rings is 2. The second-order valence-corrected chi connectivity index (χ2v) is 8.41. The molecule has 0 radical (unpaired) electrons. The molecule has 3 heterocycles. The number of nitrogens with zero attached hydrogens (tertiary/aromatic N) is 6. The zero-order chi connectivity index (χ0) is 22.1. The number of rotatable bonds is 5. The summed E-state index contributed by atoms with van der Waals surface area (Å²) in [6.45, 7) is 2.23. The molecule has 3 aromatic heterocycles. The van der Waals surface area contributed by atoms with E-state index in [1.54, 1.807) is 15.6 Å². The molecule has 0 fully saturated rings. The highest BCUT2D eigenvalue weighted by Gasteiger charge is 2.25. The minimum absolute atomic E-state index is 0.0750. The number of amides is 1. The molecule has 0 aliphatic rings. The summed E-state index contributed by atoms with van der Waals surface area (Å²) in [4.78, 5) is 28.4. The van der Waals surface area contributed by atoms with Crippen molar-refractivity contribution in [3.63, 3.8) is 0 Å². The van der Waals surface area contributed by atoms with Gasteiger partial charge in [0.1, 0.15) is 0 Å². The largest absolute Gasteiger partial charge is 0.300 e. The first-order chi connectivity index (χ1) is 15.6. The normalized spacial score (nSPS) is 11.1. The van der Waals surface area contributed by atoms with Gasteiger partial charge in [0, 0.05) is 27.9 Å². The second-order valence-electron chi connectivity index (χ2n) is 7.13. The van der Waals surface area contributed by atoms with Crippen LogP contribution in [0.2, 0.25) is 5.02 Å².